The second kappa shape index (κ2) is 4.65. The molecular formula is C15H13NO3. The zero-order valence-corrected chi connectivity index (χ0v) is 10.5. The minimum Gasteiger partial charge on any atom is -0.508 e. The first kappa shape index (κ1) is 11.6. The second-order valence-corrected chi connectivity index (χ2v) is 4.28. The molecule has 0 saturated carbocycles. The zero-order chi connectivity index (χ0) is 13.2. The second-order valence-electron chi connectivity index (χ2n) is 4.28. The Hall–Kier alpha value is -2.49. The SMILES string of the molecule is Cc1nc2c(COc3ccc(O)cc3)cccc2o1. The van der Waals surface area contributed by atoms with Crippen molar-refractivity contribution >= 4 is 11.1 Å². The monoisotopic (exact) mass is 255 g/mol. The van der Waals surface area contributed by atoms with Crippen molar-refractivity contribution in [2.75, 3.05) is 0 Å². The van der Waals surface area contributed by atoms with Crippen molar-refractivity contribution in [3.05, 3.63) is 53.9 Å². The molecule has 0 bridgehead atoms. The largest absolute Gasteiger partial charge is 0.508 e. The van der Waals surface area contributed by atoms with Crippen LogP contribution in [-0.4, -0.2) is 10.1 Å². The molecule has 0 fully saturated rings. The van der Waals surface area contributed by atoms with Crippen LogP contribution >= 0.6 is 0 Å². The summed E-state index contributed by atoms with van der Waals surface area (Å²) >= 11 is 0. The molecular weight excluding hydrogens is 242 g/mol. The Morgan fingerprint density at radius 2 is 1.95 bits per heavy atom. The first-order valence-electron chi connectivity index (χ1n) is 5.99. The summed E-state index contributed by atoms with van der Waals surface area (Å²) in [4.78, 5) is 4.35. The maximum absolute atomic E-state index is 9.21. The molecule has 0 aliphatic heterocycles. The predicted octanol–water partition coefficient (Wildman–Crippen LogP) is 3.42. The van der Waals surface area contributed by atoms with Crippen molar-refractivity contribution in [2.24, 2.45) is 0 Å². The van der Waals surface area contributed by atoms with Gasteiger partial charge in [0.25, 0.3) is 0 Å². The summed E-state index contributed by atoms with van der Waals surface area (Å²) in [5.41, 5.74) is 2.57. The van der Waals surface area contributed by atoms with E-state index < -0.39 is 0 Å². The highest BCUT2D eigenvalue weighted by Crippen LogP contribution is 2.22. The van der Waals surface area contributed by atoms with Crippen molar-refractivity contribution in [3.8, 4) is 11.5 Å². The summed E-state index contributed by atoms with van der Waals surface area (Å²) in [6, 6.07) is 12.4. The quantitative estimate of drug-likeness (QED) is 0.779. The first-order chi connectivity index (χ1) is 9.22. The number of hydrogen-bond donors (Lipinski definition) is 1. The molecule has 0 aliphatic rings. The lowest BCUT2D eigenvalue weighted by molar-refractivity contribution is 0.307. The standard InChI is InChI=1S/C15H13NO3/c1-10-16-15-11(3-2-4-14(15)19-10)9-18-13-7-5-12(17)6-8-13/h2-8,17H,9H2,1H3. The molecule has 1 N–H and O–H groups in total. The molecule has 0 saturated heterocycles. The van der Waals surface area contributed by atoms with Crippen LogP contribution in [0.3, 0.4) is 0 Å². The number of nitrogens with zero attached hydrogens (tertiary/aromatic N) is 1. The number of oxazole rings is 1. The summed E-state index contributed by atoms with van der Waals surface area (Å²) in [7, 11) is 0. The molecule has 1 heterocycles. The van der Waals surface area contributed by atoms with Crippen LogP contribution in [0.25, 0.3) is 11.1 Å². The number of fused-ring (bicyclic) bond motifs is 1. The molecule has 3 rings (SSSR count). The van der Waals surface area contributed by atoms with Gasteiger partial charge in [-0.1, -0.05) is 12.1 Å². The average molecular weight is 255 g/mol. The number of phenolic OH excluding ortho intramolecular Hbond substituents is 1. The van der Waals surface area contributed by atoms with E-state index in [4.69, 9.17) is 9.15 Å². The highest BCUT2D eigenvalue weighted by molar-refractivity contribution is 5.76. The van der Waals surface area contributed by atoms with E-state index in [1.54, 1.807) is 24.3 Å². The topological polar surface area (TPSA) is 55.5 Å². The van der Waals surface area contributed by atoms with Gasteiger partial charge in [-0.2, -0.15) is 0 Å². The van der Waals surface area contributed by atoms with Gasteiger partial charge in [-0.25, -0.2) is 4.98 Å². The molecule has 0 aliphatic carbocycles. The highest BCUT2D eigenvalue weighted by Gasteiger charge is 2.07. The molecule has 0 spiro atoms. The van der Waals surface area contributed by atoms with Crippen LogP contribution in [0.5, 0.6) is 11.5 Å². The van der Waals surface area contributed by atoms with E-state index in [-0.39, 0.29) is 5.75 Å². The van der Waals surface area contributed by atoms with Gasteiger partial charge in [0.05, 0.1) is 0 Å². The number of ether oxygens (including phenoxy) is 1. The summed E-state index contributed by atoms with van der Waals surface area (Å²) < 4.78 is 11.1. The predicted molar refractivity (Wildman–Crippen MR) is 71.2 cm³/mol. The van der Waals surface area contributed by atoms with Crippen molar-refractivity contribution in [3.63, 3.8) is 0 Å². The molecule has 4 heteroatoms. The van der Waals surface area contributed by atoms with Gasteiger partial charge in [-0.05, 0) is 30.3 Å². The van der Waals surface area contributed by atoms with E-state index in [1.807, 2.05) is 25.1 Å². The van der Waals surface area contributed by atoms with E-state index in [0.717, 1.165) is 16.7 Å². The van der Waals surface area contributed by atoms with Gasteiger partial charge in [0.2, 0.25) is 0 Å². The van der Waals surface area contributed by atoms with Crippen molar-refractivity contribution in [2.45, 2.75) is 13.5 Å². The van der Waals surface area contributed by atoms with Gasteiger partial charge in [-0.3, -0.25) is 0 Å². The van der Waals surface area contributed by atoms with Crippen molar-refractivity contribution < 1.29 is 14.3 Å². The molecule has 0 radical (unpaired) electrons. The normalized spacial score (nSPS) is 10.8. The maximum Gasteiger partial charge on any atom is 0.192 e. The molecule has 3 aromatic rings. The minimum absolute atomic E-state index is 0.224. The van der Waals surface area contributed by atoms with E-state index in [1.165, 1.54) is 0 Å². The van der Waals surface area contributed by atoms with E-state index in [9.17, 15) is 5.11 Å². The van der Waals surface area contributed by atoms with Crippen LogP contribution in [0.2, 0.25) is 0 Å². The lowest BCUT2D eigenvalue weighted by atomic mass is 10.2. The number of aryl methyl sites for hydroxylation is 1. The Morgan fingerprint density at radius 3 is 2.74 bits per heavy atom. The van der Waals surface area contributed by atoms with Gasteiger partial charge in [0.15, 0.2) is 11.5 Å². The molecule has 96 valence electrons. The Balaban J connectivity index is 1.83. The van der Waals surface area contributed by atoms with Crippen LogP contribution in [-0.2, 0) is 6.61 Å². The number of para-hydroxylation sites is 1. The Bertz CT molecular complexity index is 701. The molecule has 0 atom stereocenters. The molecule has 4 nitrogen and oxygen atoms in total. The van der Waals surface area contributed by atoms with Crippen LogP contribution in [0.1, 0.15) is 11.5 Å². The Kier molecular flexibility index (Phi) is 2.83. The number of benzene rings is 2. The summed E-state index contributed by atoms with van der Waals surface area (Å²) in [5, 5.41) is 9.21. The Labute approximate surface area is 110 Å². The van der Waals surface area contributed by atoms with Gasteiger partial charge in [0, 0.05) is 12.5 Å². The third kappa shape index (κ3) is 2.38. The van der Waals surface area contributed by atoms with Crippen LogP contribution < -0.4 is 4.74 Å². The number of aromatic nitrogens is 1. The lowest BCUT2D eigenvalue weighted by Gasteiger charge is -2.06. The lowest BCUT2D eigenvalue weighted by Crippen LogP contribution is -1.96. The summed E-state index contributed by atoms with van der Waals surface area (Å²) in [6.07, 6.45) is 0. The summed E-state index contributed by atoms with van der Waals surface area (Å²) in [5.74, 6) is 1.57. The third-order valence-electron chi connectivity index (χ3n) is 2.84. The molecule has 19 heavy (non-hydrogen) atoms. The highest BCUT2D eigenvalue weighted by atomic mass is 16.5. The van der Waals surface area contributed by atoms with E-state index >= 15 is 0 Å². The number of phenols is 1. The number of rotatable bonds is 3. The fourth-order valence-corrected chi connectivity index (χ4v) is 1.94. The molecule has 0 unspecified atom stereocenters. The van der Waals surface area contributed by atoms with Gasteiger partial charge < -0.3 is 14.3 Å². The van der Waals surface area contributed by atoms with Crippen molar-refractivity contribution in [1.82, 2.24) is 4.98 Å². The number of aromatic hydroxyl groups is 1. The molecule has 1 aromatic heterocycles. The first-order valence-corrected chi connectivity index (χ1v) is 5.99. The van der Waals surface area contributed by atoms with Crippen LogP contribution in [0.15, 0.2) is 46.9 Å². The fraction of sp³-hybridized carbons (Fsp3) is 0.133. The zero-order valence-electron chi connectivity index (χ0n) is 10.5. The van der Waals surface area contributed by atoms with E-state index in [2.05, 4.69) is 4.98 Å². The maximum atomic E-state index is 9.21. The van der Waals surface area contributed by atoms with E-state index in [0.29, 0.717) is 18.2 Å². The van der Waals surface area contributed by atoms with Crippen molar-refractivity contribution in [1.29, 1.82) is 0 Å². The molecule has 2 aromatic carbocycles. The smallest absolute Gasteiger partial charge is 0.192 e. The minimum atomic E-state index is 0.224. The molecule has 0 amide bonds. The summed E-state index contributed by atoms with van der Waals surface area (Å²) in [6.45, 7) is 2.23. The Morgan fingerprint density at radius 1 is 1.16 bits per heavy atom. The fourth-order valence-electron chi connectivity index (χ4n) is 1.94. The van der Waals surface area contributed by atoms with Crippen LogP contribution in [0.4, 0.5) is 0 Å². The number of hydrogen-bond acceptors (Lipinski definition) is 4. The van der Waals surface area contributed by atoms with Gasteiger partial charge in [0.1, 0.15) is 23.6 Å². The third-order valence-corrected chi connectivity index (χ3v) is 2.84. The van der Waals surface area contributed by atoms with Crippen LogP contribution in [0, 0.1) is 6.92 Å². The average Bonchev–Trinajstić information content (AvgIpc) is 2.79. The van der Waals surface area contributed by atoms with Gasteiger partial charge >= 0.3 is 0 Å². The van der Waals surface area contributed by atoms with Gasteiger partial charge in [-0.15, -0.1) is 0 Å².